The summed E-state index contributed by atoms with van der Waals surface area (Å²) in [5.41, 5.74) is 8.64. The summed E-state index contributed by atoms with van der Waals surface area (Å²) in [6.07, 6.45) is -1.23. The van der Waals surface area contributed by atoms with Crippen molar-refractivity contribution in [1.82, 2.24) is 0 Å². The third-order valence-corrected chi connectivity index (χ3v) is 4.33. The molecule has 1 rings (SSSR count). The molecule has 0 saturated carbocycles. The smallest absolute Gasteiger partial charge is 0.254 e. The molecule has 19 heavy (non-hydrogen) atoms. The second-order valence-corrected chi connectivity index (χ2v) is 5.13. The van der Waals surface area contributed by atoms with Crippen LogP contribution in [0, 0.1) is 20.8 Å². The van der Waals surface area contributed by atoms with Gasteiger partial charge in [0, 0.05) is 11.0 Å². The highest BCUT2D eigenvalue weighted by Gasteiger charge is 2.21. The second-order valence-electron chi connectivity index (χ2n) is 4.34. The standard InChI is InChI=1S/C13H19BrN2O3/c1-6-7(2)12(19-4)11(8(3)10(6)14)16-13(18)9(17)5-15/h9,17H,5,15H2,1-4H3,(H,16,18). The van der Waals surface area contributed by atoms with E-state index in [4.69, 9.17) is 10.5 Å². The number of carbonyl (C=O) groups is 1. The Labute approximate surface area is 121 Å². The first-order chi connectivity index (χ1) is 8.84. The van der Waals surface area contributed by atoms with Crippen molar-refractivity contribution in [3.05, 3.63) is 21.2 Å². The Hall–Kier alpha value is -1.11. The zero-order valence-corrected chi connectivity index (χ0v) is 13.1. The van der Waals surface area contributed by atoms with Crippen LogP contribution >= 0.6 is 15.9 Å². The van der Waals surface area contributed by atoms with E-state index in [-0.39, 0.29) is 6.54 Å². The molecule has 0 radical (unpaired) electrons. The molecule has 1 atom stereocenters. The molecule has 0 bridgehead atoms. The number of carbonyl (C=O) groups excluding carboxylic acids is 1. The maximum absolute atomic E-state index is 11.8. The minimum Gasteiger partial charge on any atom is -0.494 e. The van der Waals surface area contributed by atoms with Gasteiger partial charge in [0.05, 0.1) is 12.8 Å². The molecule has 0 aromatic heterocycles. The monoisotopic (exact) mass is 330 g/mol. The van der Waals surface area contributed by atoms with Crippen LogP contribution in [-0.2, 0) is 4.79 Å². The largest absolute Gasteiger partial charge is 0.494 e. The van der Waals surface area contributed by atoms with Crippen molar-refractivity contribution < 1.29 is 14.6 Å². The molecule has 0 fully saturated rings. The van der Waals surface area contributed by atoms with Gasteiger partial charge in [0.15, 0.2) is 0 Å². The van der Waals surface area contributed by atoms with E-state index >= 15 is 0 Å². The summed E-state index contributed by atoms with van der Waals surface area (Å²) in [5, 5.41) is 12.1. The van der Waals surface area contributed by atoms with E-state index < -0.39 is 12.0 Å². The van der Waals surface area contributed by atoms with Gasteiger partial charge < -0.3 is 20.9 Å². The van der Waals surface area contributed by atoms with Crippen molar-refractivity contribution in [2.75, 3.05) is 19.0 Å². The zero-order chi connectivity index (χ0) is 14.7. The molecule has 1 amide bonds. The topological polar surface area (TPSA) is 84.6 Å². The molecule has 0 aliphatic rings. The van der Waals surface area contributed by atoms with Crippen LogP contribution in [0.3, 0.4) is 0 Å². The Balaban J connectivity index is 3.31. The zero-order valence-electron chi connectivity index (χ0n) is 11.5. The van der Waals surface area contributed by atoms with Gasteiger partial charge in [-0.15, -0.1) is 0 Å². The molecule has 0 aliphatic carbocycles. The molecule has 1 aromatic carbocycles. The maximum Gasteiger partial charge on any atom is 0.254 e. The Morgan fingerprint density at radius 1 is 1.37 bits per heavy atom. The van der Waals surface area contributed by atoms with E-state index in [1.807, 2.05) is 20.8 Å². The van der Waals surface area contributed by atoms with Crippen LogP contribution < -0.4 is 15.8 Å². The number of hydrogen-bond acceptors (Lipinski definition) is 4. The van der Waals surface area contributed by atoms with E-state index in [0.717, 1.165) is 21.2 Å². The van der Waals surface area contributed by atoms with Crippen LogP contribution in [-0.4, -0.2) is 30.8 Å². The molecule has 4 N–H and O–H groups in total. The number of halogens is 1. The third kappa shape index (κ3) is 3.08. The lowest BCUT2D eigenvalue weighted by molar-refractivity contribution is -0.123. The first kappa shape index (κ1) is 15.9. The Morgan fingerprint density at radius 2 is 1.95 bits per heavy atom. The molecule has 1 unspecified atom stereocenters. The fraction of sp³-hybridized carbons (Fsp3) is 0.462. The van der Waals surface area contributed by atoms with Crippen LogP contribution in [0.25, 0.3) is 0 Å². The molecule has 0 aliphatic heterocycles. The van der Waals surface area contributed by atoms with Gasteiger partial charge in [-0.25, -0.2) is 0 Å². The first-order valence-corrected chi connectivity index (χ1v) is 6.66. The minimum absolute atomic E-state index is 0.126. The number of aliphatic hydroxyl groups excluding tert-OH is 1. The highest BCUT2D eigenvalue weighted by atomic mass is 79.9. The van der Waals surface area contributed by atoms with E-state index in [1.165, 1.54) is 0 Å². The van der Waals surface area contributed by atoms with E-state index in [2.05, 4.69) is 21.2 Å². The van der Waals surface area contributed by atoms with Gasteiger partial charge in [-0.05, 0) is 37.5 Å². The Morgan fingerprint density at radius 3 is 2.42 bits per heavy atom. The summed E-state index contributed by atoms with van der Waals surface area (Å²) >= 11 is 3.49. The van der Waals surface area contributed by atoms with E-state index in [1.54, 1.807) is 7.11 Å². The highest BCUT2D eigenvalue weighted by molar-refractivity contribution is 9.10. The van der Waals surface area contributed by atoms with Crippen molar-refractivity contribution in [2.45, 2.75) is 26.9 Å². The lowest BCUT2D eigenvalue weighted by Gasteiger charge is -2.20. The number of benzene rings is 1. The number of aliphatic hydroxyl groups is 1. The quantitative estimate of drug-likeness (QED) is 0.783. The van der Waals surface area contributed by atoms with Crippen molar-refractivity contribution in [1.29, 1.82) is 0 Å². The Bertz CT molecular complexity index is 503. The maximum atomic E-state index is 11.8. The summed E-state index contributed by atoms with van der Waals surface area (Å²) in [6.45, 7) is 5.62. The lowest BCUT2D eigenvalue weighted by Crippen LogP contribution is -2.34. The first-order valence-electron chi connectivity index (χ1n) is 5.87. The van der Waals surface area contributed by atoms with Crippen molar-refractivity contribution >= 4 is 27.5 Å². The van der Waals surface area contributed by atoms with Gasteiger partial charge in [-0.2, -0.15) is 0 Å². The summed E-state index contributed by atoms with van der Waals surface area (Å²) < 4.78 is 6.26. The predicted octanol–water partition coefficient (Wildman–Crippen LogP) is 1.64. The number of methoxy groups -OCH3 is 1. The number of rotatable bonds is 4. The molecule has 6 heteroatoms. The van der Waals surface area contributed by atoms with Gasteiger partial charge in [0.2, 0.25) is 0 Å². The predicted molar refractivity (Wildman–Crippen MR) is 78.6 cm³/mol. The van der Waals surface area contributed by atoms with Crippen LogP contribution in [0.5, 0.6) is 5.75 Å². The van der Waals surface area contributed by atoms with E-state index in [9.17, 15) is 9.90 Å². The summed E-state index contributed by atoms with van der Waals surface area (Å²) in [4.78, 5) is 11.8. The second kappa shape index (κ2) is 6.36. The minimum atomic E-state index is -1.23. The van der Waals surface area contributed by atoms with Crippen LogP contribution in [0.15, 0.2) is 4.47 Å². The molecule has 0 heterocycles. The number of ether oxygens (including phenoxy) is 1. The van der Waals surface area contributed by atoms with Gasteiger partial charge >= 0.3 is 0 Å². The number of nitrogens with one attached hydrogen (secondary N) is 1. The number of anilines is 1. The van der Waals surface area contributed by atoms with Crippen LogP contribution in [0.1, 0.15) is 16.7 Å². The lowest BCUT2D eigenvalue weighted by atomic mass is 10.0. The number of nitrogens with two attached hydrogens (primary N) is 1. The summed E-state index contributed by atoms with van der Waals surface area (Å²) in [6, 6.07) is 0. The average molecular weight is 331 g/mol. The SMILES string of the molecule is COc1c(C)c(C)c(Br)c(C)c1NC(=O)C(O)CN. The Kier molecular flexibility index (Phi) is 5.34. The van der Waals surface area contributed by atoms with Crippen molar-refractivity contribution in [3.8, 4) is 5.75 Å². The van der Waals surface area contributed by atoms with Crippen molar-refractivity contribution in [2.24, 2.45) is 5.73 Å². The number of hydrogen-bond donors (Lipinski definition) is 3. The molecular formula is C13H19BrN2O3. The molecule has 1 aromatic rings. The molecule has 106 valence electrons. The normalized spacial score (nSPS) is 12.2. The highest BCUT2D eigenvalue weighted by Crippen LogP contribution is 2.39. The van der Waals surface area contributed by atoms with Gasteiger partial charge in [-0.3, -0.25) is 4.79 Å². The van der Waals surface area contributed by atoms with Gasteiger partial charge in [0.25, 0.3) is 5.91 Å². The summed E-state index contributed by atoms with van der Waals surface area (Å²) in [5.74, 6) is 0.0508. The van der Waals surface area contributed by atoms with Crippen molar-refractivity contribution in [3.63, 3.8) is 0 Å². The van der Waals surface area contributed by atoms with E-state index in [0.29, 0.717) is 11.4 Å². The van der Waals surface area contributed by atoms with Gasteiger partial charge in [0.1, 0.15) is 11.9 Å². The molecule has 0 saturated heterocycles. The third-order valence-electron chi connectivity index (χ3n) is 3.14. The molecule has 0 spiro atoms. The number of amides is 1. The van der Waals surface area contributed by atoms with Gasteiger partial charge in [-0.1, -0.05) is 15.9 Å². The van der Waals surface area contributed by atoms with Crippen LogP contribution in [0.2, 0.25) is 0 Å². The van der Waals surface area contributed by atoms with Crippen LogP contribution in [0.4, 0.5) is 5.69 Å². The average Bonchev–Trinajstić information content (AvgIpc) is 2.41. The molecule has 5 nitrogen and oxygen atoms in total. The fourth-order valence-corrected chi connectivity index (χ4v) is 2.30. The fourth-order valence-electron chi connectivity index (χ4n) is 1.80. The summed E-state index contributed by atoms with van der Waals surface area (Å²) in [7, 11) is 1.55. The molecular weight excluding hydrogens is 312 g/mol.